The summed E-state index contributed by atoms with van der Waals surface area (Å²) in [5, 5.41) is 0.451. The molecule has 2 aliphatic rings. The average molecular weight is 453 g/mol. The molecule has 0 unspecified atom stereocenters. The number of para-hydroxylation sites is 1. The third-order valence-corrected chi connectivity index (χ3v) is 7.71. The summed E-state index contributed by atoms with van der Waals surface area (Å²) >= 11 is 5.83. The van der Waals surface area contributed by atoms with Crippen molar-refractivity contribution in [3.8, 4) is 0 Å². The Morgan fingerprint density at radius 1 is 1.00 bits per heavy atom. The summed E-state index contributed by atoms with van der Waals surface area (Å²) in [7, 11) is -3.66. The van der Waals surface area contributed by atoms with Gasteiger partial charge in [0.1, 0.15) is 5.82 Å². The van der Waals surface area contributed by atoms with Crippen molar-refractivity contribution in [1.29, 1.82) is 0 Å². The van der Waals surface area contributed by atoms with E-state index in [4.69, 9.17) is 11.6 Å². The molecule has 1 atom stereocenters. The number of amides is 2. The van der Waals surface area contributed by atoms with Crippen molar-refractivity contribution in [1.82, 2.24) is 4.31 Å². The molecule has 158 valence electrons. The summed E-state index contributed by atoms with van der Waals surface area (Å²) in [6.45, 7) is 1.19. The Morgan fingerprint density at radius 2 is 1.63 bits per heavy atom. The highest BCUT2D eigenvalue weighted by Crippen LogP contribution is 2.25. The maximum Gasteiger partial charge on any atom is 0.292 e. The second kappa shape index (κ2) is 8.07. The number of imide groups is 1. The van der Waals surface area contributed by atoms with Crippen molar-refractivity contribution < 1.29 is 27.3 Å². The van der Waals surface area contributed by atoms with Crippen molar-refractivity contribution in [3.63, 3.8) is 0 Å². The molecule has 4 rings (SSSR count). The van der Waals surface area contributed by atoms with Gasteiger partial charge in [0.15, 0.2) is 6.04 Å². The van der Waals surface area contributed by atoms with E-state index in [1.54, 1.807) is 6.07 Å². The first-order chi connectivity index (χ1) is 14.3. The molecule has 0 radical (unpaired) electrons. The van der Waals surface area contributed by atoms with Gasteiger partial charge in [-0.15, -0.1) is 0 Å². The van der Waals surface area contributed by atoms with Crippen LogP contribution in [0.15, 0.2) is 53.4 Å². The van der Waals surface area contributed by atoms with Gasteiger partial charge in [-0.05, 0) is 36.4 Å². The molecule has 0 aromatic heterocycles. The molecule has 2 saturated heterocycles. The van der Waals surface area contributed by atoms with Gasteiger partial charge in [-0.3, -0.25) is 9.59 Å². The van der Waals surface area contributed by atoms with E-state index in [0.29, 0.717) is 18.1 Å². The van der Waals surface area contributed by atoms with Gasteiger partial charge in [0.2, 0.25) is 15.9 Å². The number of benzene rings is 2. The molecule has 0 saturated carbocycles. The van der Waals surface area contributed by atoms with Crippen LogP contribution in [-0.2, 0) is 19.6 Å². The van der Waals surface area contributed by atoms with E-state index >= 15 is 0 Å². The number of quaternary nitrogens is 1. The molecule has 10 heteroatoms. The molecule has 0 spiro atoms. The van der Waals surface area contributed by atoms with Crippen molar-refractivity contribution in [3.05, 3.63) is 59.4 Å². The van der Waals surface area contributed by atoms with Crippen LogP contribution in [0.3, 0.4) is 0 Å². The predicted octanol–water partition coefficient (Wildman–Crippen LogP) is 0.700. The topological polar surface area (TPSA) is 79.2 Å². The third-order valence-electron chi connectivity index (χ3n) is 5.55. The molecule has 30 heavy (non-hydrogen) atoms. The Labute approximate surface area is 178 Å². The lowest BCUT2D eigenvalue weighted by Gasteiger charge is -2.33. The normalized spacial score (nSPS) is 21.4. The number of hydrogen-bond acceptors (Lipinski definition) is 4. The van der Waals surface area contributed by atoms with Gasteiger partial charge in [0.05, 0.1) is 43.2 Å². The number of carbonyl (C=O) groups excluding carboxylic acids is 2. The van der Waals surface area contributed by atoms with Gasteiger partial charge < -0.3 is 4.90 Å². The average Bonchev–Trinajstić information content (AvgIpc) is 3.03. The monoisotopic (exact) mass is 452 g/mol. The molecule has 0 aliphatic carbocycles. The fourth-order valence-corrected chi connectivity index (χ4v) is 5.52. The van der Waals surface area contributed by atoms with E-state index in [1.807, 2.05) is 0 Å². The number of nitrogens with zero attached hydrogens (tertiary/aromatic N) is 2. The highest BCUT2D eigenvalue weighted by Gasteiger charge is 2.47. The summed E-state index contributed by atoms with van der Waals surface area (Å²) in [5.74, 6) is -1.53. The molecule has 2 heterocycles. The molecule has 0 bridgehead atoms. The SMILES string of the molecule is O=C1C[C@H]([NH+]2CCN(S(=O)(=O)c3ccc(Cl)cc3)CC2)C(=O)N1c1ccccc1F. The molecule has 2 aromatic rings. The Bertz CT molecular complexity index is 1090. The maximum atomic E-state index is 14.1. The summed E-state index contributed by atoms with van der Waals surface area (Å²) in [5.41, 5.74) is -0.0432. The lowest BCUT2D eigenvalue weighted by Crippen LogP contribution is -3.19. The molecule has 1 N–H and O–H groups in total. The van der Waals surface area contributed by atoms with Crippen LogP contribution in [-0.4, -0.2) is 56.8 Å². The number of hydrogen-bond donors (Lipinski definition) is 1. The summed E-state index contributed by atoms with van der Waals surface area (Å²) in [4.78, 5) is 27.2. The van der Waals surface area contributed by atoms with E-state index in [0.717, 1.165) is 9.80 Å². The fourth-order valence-electron chi connectivity index (χ4n) is 3.95. The van der Waals surface area contributed by atoms with E-state index < -0.39 is 33.7 Å². The number of sulfonamides is 1. The van der Waals surface area contributed by atoms with Crippen molar-refractivity contribution in [2.24, 2.45) is 0 Å². The Morgan fingerprint density at radius 3 is 2.27 bits per heavy atom. The zero-order valence-electron chi connectivity index (χ0n) is 15.9. The van der Waals surface area contributed by atoms with Crippen LogP contribution in [0.5, 0.6) is 0 Å². The van der Waals surface area contributed by atoms with Crippen molar-refractivity contribution in [2.45, 2.75) is 17.4 Å². The third kappa shape index (κ3) is 3.74. The van der Waals surface area contributed by atoms with Crippen LogP contribution in [0.2, 0.25) is 5.02 Å². The molecular weight excluding hydrogens is 433 g/mol. The van der Waals surface area contributed by atoms with Crippen LogP contribution < -0.4 is 9.80 Å². The van der Waals surface area contributed by atoms with Gasteiger partial charge in [-0.1, -0.05) is 23.7 Å². The van der Waals surface area contributed by atoms with Gasteiger partial charge in [-0.2, -0.15) is 4.31 Å². The largest absolute Gasteiger partial charge is 0.322 e. The lowest BCUT2D eigenvalue weighted by atomic mass is 10.2. The smallest absolute Gasteiger partial charge is 0.292 e. The Kier molecular flexibility index (Phi) is 5.63. The van der Waals surface area contributed by atoms with Crippen LogP contribution in [0.4, 0.5) is 10.1 Å². The fraction of sp³-hybridized carbons (Fsp3) is 0.300. The number of carbonyl (C=O) groups is 2. The van der Waals surface area contributed by atoms with Crippen molar-refractivity contribution >= 4 is 39.1 Å². The first-order valence-electron chi connectivity index (χ1n) is 9.50. The molecule has 2 aliphatic heterocycles. The van der Waals surface area contributed by atoms with Crippen LogP contribution in [0.25, 0.3) is 0 Å². The van der Waals surface area contributed by atoms with E-state index in [9.17, 15) is 22.4 Å². The zero-order valence-corrected chi connectivity index (χ0v) is 17.5. The molecular formula is C20H20ClFN3O4S+. The second-order valence-corrected chi connectivity index (χ2v) is 9.67. The Hall–Kier alpha value is -2.33. The quantitative estimate of drug-likeness (QED) is 0.693. The summed E-state index contributed by atoms with van der Waals surface area (Å²) < 4.78 is 41.1. The van der Waals surface area contributed by atoms with Gasteiger partial charge in [-0.25, -0.2) is 17.7 Å². The molecule has 2 fully saturated rings. The molecule has 2 amide bonds. The highest BCUT2D eigenvalue weighted by molar-refractivity contribution is 7.89. The zero-order chi connectivity index (χ0) is 21.5. The predicted molar refractivity (Wildman–Crippen MR) is 108 cm³/mol. The molecule has 2 aromatic carbocycles. The number of anilines is 1. The van der Waals surface area contributed by atoms with E-state index in [-0.39, 0.29) is 30.1 Å². The summed E-state index contributed by atoms with van der Waals surface area (Å²) in [6.07, 6.45) is -0.0214. The first kappa shape index (κ1) is 20.9. The first-order valence-corrected chi connectivity index (χ1v) is 11.3. The van der Waals surface area contributed by atoms with Gasteiger partial charge in [0, 0.05) is 5.02 Å². The number of piperazine rings is 1. The summed E-state index contributed by atoms with van der Waals surface area (Å²) in [6, 6.07) is 11.0. The van der Waals surface area contributed by atoms with Crippen molar-refractivity contribution in [2.75, 3.05) is 31.1 Å². The lowest BCUT2D eigenvalue weighted by molar-refractivity contribution is -0.918. The molecule has 7 nitrogen and oxygen atoms in total. The van der Waals surface area contributed by atoms with Crippen LogP contribution in [0, 0.1) is 5.82 Å². The van der Waals surface area contributed by atoms with Crippen LogP contribution >= 0.6 is 11.6 Å². The van der Waals surface area contributed by atoms with E-state index in [1.165, 1.54) is 46.8 Å². The minimum absolute atomic E-state index is 0.0214. The second-order valence-electron chi connectivity index (χ2n) is 7.29. The number of nitrogens with one attached hydrogen (secondary N) is 1. The van der Waals surface area contributed by atoms with E-state index in [2.05, 4.69) is 0 Å². The van der Waals surface area contributed by atoms with Gasteiger partial charge in [0.25, 0.3) is 5.91 Å². The number of halogens is 2. The van der Waals surface area contributed by atoms with Gasteiger partial charge >= 0.3 is 0 Å². The minimum Gasteiger partial charge on any atom is -0.322 e. The maximum absolute atomic E-state index is 14.1. The van der Waals surface area contributed by atoms with Crippen LogP contribution in [0.1, 0.15) is 6.42 Å². The number of rotatable bonds is 4. The highest BCUT2D eigenvalue weighted by atomic mass is 35.5. The standard InChI is InChI=1S/C20H19ClFN3O4S/c21-14-5-7-15(8-6-14)30(28,29)24-11-9-23(10-12-24)18-13-19(26)25(20(18)27)17-4-2-1-3-16(17)22/h1-8,18H,9-13H2/p+1/t18-/m0/s1. The Balaban J connectivity index is 1.46. The minimum atomic E-state index is -3.66.